The molecule has 0 radical (unpaired) electrons. The number of likely N-dealkylation sites (N-methyl/N-ethyl adjacent to an activating group) is 1. The molecule has 0 saturated carbocycles. The lowest BCUT2D eigenvalue weighted by Gasteiger charge is -2.39. The number of likely N-dealkylation sites (tertiary alicyclic amines) is 3. The third-order valence-corrected chi connectivity index (χ3v) is 11.2. The van der Waals surface area contributed by atoms with E-state index in [2.05, 4.69) is 82.4 Å². The first-order valence-corrected chi connectivity index (χ1v) is 23.6. The minimum absolute atomic E-state index is 0.185. The van der Waals surface area contributed by atoms with Crippen LogP contribution in [0.25, 0.3) is 0 Å². The van der Waals surface area contributed by atoms with Gasteiger partial charge in [0.1, 0.15) is 35.5 Å². The average molecular weight is 1140 g/mol. The number of carbonyl (C=O) groups is 2. The molecule has 4 fully saturated rings. The zero-order valence-electron chi connectivity index (χ0n) is 35.4. The monoisotopic (exact) mass is 1140 g/mol. The van der Waals surface area contributed by atoms with E-state index in [9.17, 15) is 9.59 Å². The summed E-state index contributed by atoms with van der Waals surface area (Å²) in [5.74, 6) is 1.43. The van der Waals surface area contributed by atoms with Gasteiger partial charge in [0.05, 0.1) is 0 Å². The summed E-state index contributed by atoms with van der Waals surface area (Å²) >= 11 is 27.3. The van der Waals surface area contributed by atoms with Crippen molar-refractivity contribution in [2.24, 2.45) is 0 Å². The zero-order chi connectivity index (χ0) is 44.9. The molecule has 61 heavy (non-hydrogen) atoms. The topological polar surface area (TPSA) is 126 Å². The number of alkyl halides is 1. The lowest BCUT2D eigenvalue weighted by Crippen LogP contribution is -2.52. The van der Waals surface area contributed by atoms with Gasteiger partial charge in [-0.2, -0.15) is 0 Å². The summed E-state index contributed by atoms with van der Waals surface area (Å²) in [7, 11) is 2.11. The third kappa shape index (κ3) is 18.7. The quantitative estimate of drug-likeness (QED) is 0.120. The molecule has 0 unspecified atom stereocenters. The summed E-state index contributed by atoms with van der Waals surface area (Å²) < 4.78 is 12.0. The van der Waals surface area contributed by atoms with Gasteiger partial charge in [0, 0.05) is 91.1 Å². The minimum Gasteiger partial charge on any atom is -0.444 e. The van der Waals surface area contributed by atoms with Crippen LogP contribution >= 0.6 is 91.6 Å². The molecular weight excluding hydrogens is 1090 g/mol. The van der Waals surface area contributed by atoms with Crippen molar-refractivity contribution in [2.45, 2.75) is 74.4 Å². The molecule has 0 aromatic carbocycles. The lowest BCUT2D eigenvalue weighted by atomic mass is 9.96. The molecule has 1 N–H and O–H groups in total. The summed E-state index contributed by atoms with van der Waals surface area (Å²) in [5.41, 5.74) is 2.35. The van der Waals surface area contributed by atoms with Gasteiger partial charge in [0.25, 0.3) is 0 Å². The molecule has 332 valence electrons. The Balaban J connectivity index is 0.000000172. The normalized spacial score (nSPS) is 16.7. The first kappa shape index (κ1) is 51.3. The Hall–Kier alpha value is -2.32. The molecule has 4 aromatic heterocycles. The van der Waals surface area contributed by atoms with Crippen LogP contribution in [0, 0.1) is 3.70 Å². The molecule has 0 atom stereocenters. The highest BCUT2D eigenvalue weighted by molar-refractivity contribution is 14.1. The lowest BCUT2D eigenvalue weighted by molar-refractivity contribution is 0.00775. The van der Waals surface area contributed by atoms with E-state index in [0.29, 0.717) is 49.5 Å². The van der Waals surface area contributed by atoms with E-state index < -0.39 is 5.60 Å². The standard InChI is InChI=1S/C13H17ClN2O2.C9H11ClN2.C8H9ClN2.C8H14INO2.C5H3ClIN/c1-13(2,3)18-12(17)16-7-9(8-16)10-5-4-6-11(14)15-10;1-12-5-7(6-12)8-3-2-4-9(10)11-8;9-8-3-1-2-7(11-8)6-4-10-5-6;1-8(2,3)12-7(11)10-4-6(9)5-10;6-4-2-1-3-5(7)8-4/h4-6,9H,7-8H2,1-3H3;2-4,7H,5-6H2,1H3;1-3,6,10H,4-5H2;6H,4-5H2,1-3H3;1-3H. The number of hydrogen-bond acceptors (Lipinski definition) is 10. The molecule has 4 saturated heterocycles. The number of ether oxygens (including phenoxy) is 2. The van der Waals surface area contributed by atoms with Gasteiger partial charge in [-0.1, -0.05) is 93.3 Å². The van der Waals surface area contributed by atoms with Crippen molar-refractivity contribution in [2.75, 3.05) is 59.4 Å². The molecular formula is C43H54Cl4I2N8O4. The number of pyridine rings is 4. The summed E-state index contributed by atoms with van der Waals surface area (Å²) in [6.07, 6.45) is -0.448. The molecule has 0 spiro atoms. The molecule has 4 aliphatic rings. The van der Waals surface area contributed by atoms with E-state index >= 15 is 0 Å². The van der Waals surface area contributed by atoms with Crippen LogP contribution < -0.4 is 5.32 Å². The summed E-state index contributed by atoms with van der Waals surface area (Å²) in [5, 5.41) is 5.43. The van der Waals surface area contributed by atoms with Crippen LogP contribution in [0.15, 0.2) is 72.8 Å². The van der Waals surface area contributed by atoms with Crippen molar-refractivity contribution in [1.29, 1.82) is 0 Å². The maximum absolute atomic E-state index is 11.7. The van der Waals surface area contributed by atoms with Gasteiger partial charge in [-0.3, -0.25) is 0 Å². The molecule has 12 nitrogen and oxygen atoms in total. The van der Waals surface area contributed by atoms with E-state index in [0.717, 1.165) is 60.1 Å². The van der Waals surface area contributed by atoms with Gasteiger partial charge in [0.2, 0.25) is 0 Å². The van der Waals surface area contributed by atoms with E-state index in [1.165, 1.54) is 0 Å². The van der Waals surface area contributed by atoms with Crippen molar-refractivity contribution in [1.82, 2.24) is 40.0 Å². The Morgan fingerprint density at radius 1 is 0.590 bits per heavy atom. The Morgan fingerprint density at radius 3 is 1.25 bits per heavy atom. The Morgan fingerprint density at radius 2 is 0.951 bits per heavy atom. The number of nitrogens with zero attached hydrogens (tertiary/aromatic N) is 7. The van der Waals surface area contributed by atoms with Gasteiger partial charge in [-0.15, -0.1) is 0 Å². The third-order valence-electron chi connectivity index (χ3n) is 9.01. The molecule has 8 rings (SSSR count). The molecule has 18 heteroatoms. The van der Waals surface area contributed by atoms with Gasteiger partial charge >= 0.3 is 12.2 Å². The zero-order valence-corrected chi connectivity index (χ0v) is 42.8. The van der Waals surface area contributed by atoms with E-state index in [1.54, 1.807) is 28.0 Å². The van der Waals surface area contributed by atoms with Crippen molar-refractivity contribution in [3.63, 3.8) is 0 Å². The number of hydrogen-bond donors (Lipinski definition) is 1. The van der Waals surface area contributed by atoms with Crippen molar-refractivity contribution < 1.29 is 19.1 Å². The van der Waals surface area contributed by atoms with Crippen LogP contribution in [-0.4, -0.2) is 121 Å². The Kier molecular flexibility index (Phi) is 20.3. The highest BCUT2D eigenvalue weighted by Gasteiger charge is 2.35. The number of aromatic nitrogens is 4. The summed E-state index contributed by atoms with van der Waals surface area (Å²) in [6.45, 7) is 18.4. The van der Waals surface area contributed by atoms with Crippen molar-refractivity contribution in [3.05, 3.63) is 114 Å². The predicted molar refractivity (Wildman–Crippen MR) is 262 cm³/mol. The van der Waals surface area contributed by atoms with Crippen molar-refractivity contribution >= 4 is 104 Å². The SMILES string of the molecule is CC(C)(C)OC(=O)N1CC(I)C1.CC(C)(C)OC(=O)N1CC(c2cccc(Cl)n2)C1.CN1CC(c2cccc(Cl)n2)C1.Clc1cccc(C2CNC2)n1.Clc1cccc(I)n1. The predicted octanol–water partition coefficient (Wildman–Crippen LogP) is 10.6. The molecule has 8 heterocycles. The second-order valence-electron chi connectivity index (χ2n) is 16.8. The van der Waals surface area contributed by atoms with Crippen LogP contribution in [0.3, 0.4) is 0 Å². The van der Waals surface area contributed by atoms with Gasteiger partial charge < -0.3 is 29.5 Å². The van der Waals surface area contributed by atoms with Gasteiger partial charge in [-0.05, 0) is 120 Å². The second kappa shape index (κ2) is 24.1. The maximum Gasteiger partial charge on any atom is 0.410 e. The molecule has 4 aliphatic heterocycles. The number of rotatable bonds is 3. The van der Waals surface area contributed by atoms with Crippen molar-refractivity contribution in [3.8, 4) is 0 Å². The Labute approximate surface area is 407 Å². The second-order valence-corrected chi connectivity index (χ2v) is 21.2. The molecule has 2 amide bonds. The van der Waals surface area contributed by atoms with E-state index in [1.807, 2.05) is 96.1 Å². The van der Waals surface area contributed by atoms with Crippen LogP contribution in [-0.2, 0) is 9.47 Å². The number of halogens is 6. The smallest absolute Gasteiger partial charge is 0.410 e. The molecule has 4 aromatic rings. The van der Waals surface area contributed by atoms with Crippen LogP contribution in [0.5, 0.6) is 0 Å². The maximum atomic E-state index is 11.7. The molecule has 0 aliphatic carbocycles. The Bertz CT molecular complexity index is 2000. The number of amides is 2. The number of nitrogens with one attached hydrogen (secondary N) is 1. The van der Waals surface area contributed by atoms with Crippen LogP contribution in [0.2, 0.25) is 20.6 Å². The summed E-state index contributed by atoms with van der Waals surface area (Å²) in [6, 6.07) is 22.7. The first-order chi connectivity index (χ1) is 28.6. The van der Waals surface area contributed by atoms with Crippen LogP contribution in [0.4, 0.5) is 9.59 Å². The fourth-order valence-electron chi connectivity index (χ4n) is 5.76. The summed E-state index contributed by atoms with van der Waals surface area (Å²) in [4.78, 5) is 45.4. The minimum atomic E-state index is -0.448. The fourth-order valence-corrected chi connectivity index (χ4v) is 8.00. The van der Waals surface area contributed by atoms with E-state index in [4.69, 9.17) is 55.9 Å². The first-order valence-electron chi connectivity index (χ1n) is 19.8. The van der Waals surface area contributed by atoms with E-state index in [-0.39, 0.29) is 23.7 Å². The highest BCUT2D eigenvalue weighted by Crippen LogP contribution is 2.28. The largest absolute Gasteiger partial charge is 0.444 e. The average Bonchev–Trinajstić information content (AvgIpc) is 3.07. The van der Waals surface area contributed by atoms with Crippen LogP contribution in [0.1, 0.15) is 76.4 Å². The fraction of sp³-hybridized carbons (Fsp3) is 0.488. The molecule has 0 bridgehead atoms. The number of carbonyl (C=O) groups excluding carboxylic acids is 2. The van der Waals surface area contributed by atoms with Gasteiger partial charge in [-0.25, -0.2) is 29.5 Å². The van der Waals surface area contributed by atoms with Gasteiger partial charge in [0.15, 0.2) is 0 Å². The highest BCUT2D eigenvalue weighted by atomic mass is 127.